The molecule has 0 fully saturated rings. The van der Waals surface area contributed by atoms with E-state index in [-0.39, 0.29) is 5.95 Å². The zero-order valence-electron chi connectivity index (χ0n) is 6.62. The number of rotatable bonds is 3. The van der Waals surface area contributed by atoms with E-state index < -0.39 is 0 Å². The van der Waals surface area contributed by atoms with Crippen molar-refractivity contribution in [2.45, 2.75) is 26.2 Å². The molecular formula is C6H13N5. The van der Waals surface area contributed by atoms with E-state index in [1.165, 1.54) is 4.68 Å². The Bertz CT molecular complexity index is 229. The smallest absolute Gasteiger partial charge is 0.240 e. The summed E-state index contributed by atoms with van der Waals surface area (Å²) in [6.45, 7) is 2.11. The van der Waals surface area contributed by atoms with Crippen LogP contribution in [0.15, 0.2) is 0 Å². The van der Waals surface area contributed by atoms with Crippen LogP contribution in [-0.2, 0) is 6.42 Å². The van der Waals surface area contributed by atoms with Gasteiger partial charge in [0.25, 0.3) is 0 Å². The predicted octanol–water partition coefficient (Wildman–Crippen LogP) is -0.0833. The molecule has 11 heavy (non-hydrogen) atoms. The number of aryl methyl sites for hydroxylation is 1. The lowest BCUT2D eigenvalue weighted by molar-refractivity contribution is 0.727. The average Bonchev–Trinajstić information content (AvgIpc) is 2.31. The predicted molar refractivity (Wildman–Crippen MR) is 43.2 cm³/mol. The van der Waals surface area contributed by atoms with Crippen molar-refractivity contribution < 1.29 is 0 Å². The molecule has 0 spiro atoms. The molecule has 62 valence electrons. The number of hydrogen-bond donors (Lipinski definition) is 2. The lowest BCUT2D eigenvalue weighted by Gasteiger charge is -1.98. The number of anilines is 1. The minimum absolute atomic E-state index is 0.274. The maximum Gasteiger partial charge on any atom is 0.240 e. The first kappa shape index (κ1) is 7.84. The fourth-order valence-corrected chi connectivity index (χ4v) is 0.843. The number of nitrogens with two attached hydrogens (primary N) is 2. The maximum atomic E-state index is 5.51. The highest BCUT2D eigenvalue weighted by Gasteiger charge is 2.03. The second-order valence-electron chi connectivity index (χ2n) is 2.45. The molecule has 0 bridgehead atoms. The van der Waals surface area contributed by atoms with Crippen molar-refractivity contribution in [1.29, 1.82) is 0 Å². The topological polar surface area (TPSA) is 82.8 Å². The first-order chi connectivity index (χ1) is 5.25. The molecule has 1 rings (SSSR count). The lowest BCUT2D eigenvalue weighted by atomic mass is 10.2. The van der Waals surface area contributed by atoms with Gasteiger partial charge < -0.3 is 11.6 Å². The minimum atomic E-state index is 0.274. The molecule has 5 heteroatoms. The molecule has 0 aromatic carbocycles. The molecule has 0 aliphatic heterocycles. The summed E-state index contributed by atoms with van der Waals surface area (Å²) in [6, 6.07) is 0. The van der Waals surface area contributed by atoms with Crippen molar-refractivity contribution in [3.8, 4) is 0 Å². The third-order valence-corrected chi connectivity index (χ3v) is 1.55. The molecule has 0 aliphatic carbocycles. The van der Waals surface area contributed by atoms with E-state index in [0.717, 1.165) is 25.1 Å². The van der Waals surface area contributed by atoms with Gasteiger partial charge in [0, 0.05) is 6.42 Å². The summed E-state index contributed by atoms with van der Waals surface area (Å²) < 4.78 is 1.33. The van der Waals surface area contributed by atoms with Crippen LogP contribution in [0.5, 0.6) is 0 Å². The minimum Gasteiger partial charge on any atom is -0.366 e. The van der Waals surface area contributed by atoms with E-state index in [0.29, 0.717) is 0 Å². The Morgan fingerprint density at radius 3 is 2.64 bits per heavy atom. The summed E-state index contributed by atoms with van der Waals surface area (Å²) in [4.78, 5) is 0. The largest absolute Gasteiger partial charge is 0.366 e. The van der Waals surface area contributed by atoms with Crippen LogP contribution in [0.4, 0.5) is 5.95 Å². The van der Waals surface area contributed by atoms with E-state index >= 15 is 0 Å². The molecule has 1 aromatic heterocycles. The first-order valence-corrected chi connectivity index (χ1v) is 3.70. The van der Waals surface area contributed by atoms with Gasteiger partial charge in [-0.25, -0.2) is 4.68 Å². The van der Waals surface area contributed by atoms with Crippen LogP contribution in [0.2, 0.25) is 0 Å². The highest BCUT2D eigenvalue weighted by Crippen LogP contribution is 2.02. The summed E-state index contributed by atoms with van der Waals surface area (Å²) in [7, 11) is 0. The van der Waals surface area contributed by atoms with Crippen molar-refractivity contribution in [3.05, 3.63) is 5.82 Å². The van der Waals surface area contributed by atoms with Gasteiger partial charge in [-0.3, -0.25) is 0 Å². The number of hydrogen-bond acceptors (Lipinski definition) is 4. The summed E-state index contributed by atoms with van der Waals surface area (Å²) in [5.74, 6) is 6.54. The maximum absolute atomic E-state index is 5.51. The van der Waals surface area contributed by atoms with Crippen LogP contribution in [0.3, 0.4) is 0 Å². The van der Waals surface area contributed by atoms with Crippen LogP contribution >= 0.6 is 0 Å². The molecule has 0 atom stereocenters. The number of nitrogens with zero attached hydrogens (tertiary/aromatic N) is 3. The van der Waals surface area contributed by atoms with Gasteiger partial charge in [0.15, 0.2) is 5.82 Å². The van der Waals surface area contributed by atoms with Gasteiger partial charge in [0.2, 0.25) is 5.95 Å². The van der Waals surface area contributed by atoms with Crippen LogP contribution in [0, 0.1) is 0 Å². The molecule has 0 amide bonds. The van der Waals surface area contributed by atoms with Crippen molar-refractivity contribution in [3.63, 3.8) is 0 Å². The van der Waals surface area contributed by atoms with Crippen LogP contribution in [-0.4, -0.2) is 14.9 Å². The Labute approximate surface area is 65.4 Å². The molecule has 5 nitrogen and oxygen atoms in total. The highest BCUT2D eigenvalue weighted by atomic mass is 15.4. The zero-order chi connectivity index (χ0) is 8.27. The lowest BCUT2D eigenvalue weighted by Crippen LogP contribution is -2.15. The second kappa shape index (κ2) is 3.23. The zero-order valence-corrected chi connectivity index (χ0v) is 6.62. The Morgan fingerprint density at radius 2 is 2.18 bits per heavy atom. The van der Waals surface area contributed by atoms with E-state index in [1.54, 1.807) is 0 Å². The Hall–Kier alpha value is -1.26. The summed E-state index contributed by atoms with van der Waals surface area (Å²) in [5, 5.41) is 7.45. The fraction of sp³-hybridized carbons (Fsp3) is 0.667. The average molecular weight is 155 g/mol. The van der Waals surface area contributed by atoms with Gasteiger partial charge in [-0.2, -0.15) is 0 Å². The van der Waals surface area contributed by atoms with Crippen molar-refractivity contribution in [2.75, 3.05) is 11.6 Å². The third kappa shape index (κ3) is 1.60. The van der Waals surface area contributed by atoms with Gasteiger partial charge in [-0.05, 0) is 6.42 Å². The molecule has 0 unspecified atom stereocenters. The normalized spacial score (nSPS) is 10.3. The highest BCUT2D eigenvalue weighted by molar-refractivity contribution is 5.16. The van der Waals surface area contributed by atoms with Crippen LogP contribution < -0.4 is 11.6 Å². The number of nitrogen functional groups attached to an aromatic ring is 2. The Morgan fingerprint density at radius 1 is 1.45 bits per heavy atom. The molecule has 0 aliphatic rings. The Kier molecular flexibility index (Phi) is 2.30. The van der Waals surface area contributed by atoms with E-state index in [4.69, 9.17) is 11.6 Å². The van der Waals surface area contributed by atoms with E-state index in [9.17, 15) is 0 Å². The third-order valence-electron chi connectivity index (χ3n) is 1.55. The molecule has 4 N–H and O–H groups in total. The number of aromatic nitrogens is 3. The quantitative estimate of drug-likeness (QED) is 0.598. The number of unbranched alkanes of at least 4 members (excludes halogenated alkanes) is 1. The summed E-state index contributed by atoms with van der Waals surface area (Å²) >= 11 is 0. The van der Waals surface area contributed by atoms with Crippen molar-refractivity contribution in [2.24, 2.45) is 0 Å². The molecular weight excluding hydrogens is 142 g/mol. The summed E-state index contributed by atoms with van der Waals surface area (Å²) in [5.41, 5.74) is 5.38. The molecule has 1 heterocycles. The van der Waals surface area contributed by atoms with Crippen molar-refractivity contribution in [1.82, 2.24) is 14.9 Å². The molecule has 1 aromatic rings. The Balaban J connectivity index is 2.63. The van der Waals surface area contributed by atoms with Crippen molar-refractivity contribution >= 4 is 5.95 Å². The van der Waals surface area contributed by atoms with E-state index in [1.807, 2.05) is 0 Å². The SMILES string of the molecule is CCCCc1nnc(N)n1N. The molecule has 0 saturated carbocycles. The van der Waals surface area contributed by atoms with Gasteiger partial charge in [0.05, 0.1) is 0 Å². The first-order valence-electron chi connectivity index (χ1n) is 3.70. The van der Waals surface area contributed by atoms with Crippen LogP contribution in [0.1, 0.15) is 25.6 Å². The second-order valence-corrected chi connectivity index (χ2v) is 2.45. The standard InChI is InChI=1S/C6H13N5/c1-2-3-4-5-9-10-6(7)11(5)8/h2-4,8H2,1H3,(H2,7,10). The van der Waals surface area contributed by atoms with Gasteiger partial charge in [-0.15, -0.1) is 10.2 Å². The fourth-order valence-electron chi connectivity index (χ4n) is 0.843. The monoisotopic (exact) mass is 155 g/mol. The van der Waals surface area contributed by atoms with Gasteiger partial charge in [-0.1, -0.05) is 13.3 Å². The van der Waals surface area contributed by atoms with Gasteiger partial charge in [0.1, 0.15) is 0 Å². The van der Waals surface area contributed by atoms with Crippen LogP contribution in [0.25, 0.3) is 0 Å². The van der Waals surface area contributed by atoms with E-state index in [2.05, 4.69) is 17.1 Å². The summed E-state index contributed by atoms with van der Waals surface area (Å²) in [6.07, 6.45) is 3.03. The van der Waals surface area contributed by atoms with Gasteiger partial charge >= 0.3 is 0 Å². The molecule has 0 radical (unpaired) electrons. The molecule has 0 saturated heterocycles.